The number of hydrogen-bond donors (Lipinski definition) is 0. The van der Waals surface area contributed by atoms with Gasteiger partial charge in [-0.3, -0.25) is 0 Å². The Labute approximate surface area is 229 Å². The lowest BCUT2D eigenvalue weighted by molar-refractivity contribution is 0.169. The van der Waals surface area contributed by atoms with Gasteiger partial charge in [-0.25, -0.2) is 16.8 Å². The average Bonchev–Trinajstić information content (AvgIpc) is 2.88. The van der Waals surface area contributed by atoms with Crippen molar-refractivity contribution in [1.82, 2.24) is 0 Å². The van der Waals surface area contributed by atoms with Crippen LogP contribution in [0.2, 0.25) is 0 Å². The average molecular weight is 615 g/mol. The lowest BCUT2D eigenvalue weighted by Crippen LogP contribution is -2.40. The molecule has 3 saturated carbocycles. The molecule has 222 valence electrons. The van der Waals surface area contributed by atoms with Gasteiger partial charge in [-0.15, -0.1) is 3.89 Å². The third kappa shape index (κ3) is 6.92. The number of sulfonamides is 1. The van der Waals surface area contributed by atoms with E-state index in [2.05, 4.69) is 0 Å². The Morgan fingerprint density at radius 3 is 1.44 bits per heavy atom. The molecule has 0 N–H and O–H groups in total. The minimum absolute atomic E-state index is 0.170. The fourth-order valence-electron chi connectivity index (χ4n) is 6.35. The van der Waals surface area contributed by atoms with Gasteiger partial charge in [0.05, 0.1) is 0 Å². The molecule has 0 unspecified atom stereocenters. The van der Waals surface area contributed by atoms with E-state index < -0.39 is 35.1 Å². The molecule has 8 nitrogen and oxygen atoms in total. The Kier molecular flexibility index (Phi) is 9.29. The number of hydrogen-bond acceptors (Lipinski definition) is 7. The van der Waals surface area contributed by atoms with Crippen LogP contribution in [0.15, 0.2) is 12.1 Å². The number of benzene rings is 1. The predicted molar refractivity (Wildman–Crippen MR) is 141 cm³/mol. The van der Waals surface area contributed by atoms with Gasteiger partial charge >= 0.3 is 14.7 Å². The van der Waals surface area contributed by atoms with Crippen LogP contribution in [0, 0.1) is 0 Å². The van der Waals surface area contributed by atoms with Crippen LogP contribution in [0.4, 0.5) is 12.7 Å². The van der Waals surface area contributed by atoms with Gasteiger partial charge in [-0.1, -0.05) is 69.9 Å². The van der Waals surface area contributed by atoms with Crippen molar-refractivity contribution in [2.24, 2.45) is 0 Å². The summed E-state index contributed by atoms with van der Waals surface area (Å²) < 4.78 is 114. The summed E-state index contributed by atoms with van der Waals surface area (Å²) in [6.45, 7) is 0. The first-order valence-electron chi connectivity index (χ1n) is 13.6. The zero-order valence-corrected chi connectivity index (χ0v) is 24.1. The SMILES string of the molecule is O=S(=O)(F)[N-]S(=O)(=O)C(F)(F)S(=O)(=O)Oc1c(C2CCCCC2)cc(C2CCCCC2)cc1C1CCCCC1. The molecule has 0 heterocycles. The molecule has 4 rings (SSSR count). The summed E-state index contributed by atoms with van der Waals surface area (Å²) in [7, 11) is -19.4. The van der Waals surface area contributed by atoms with Crippen LogP contribution in [0.5, 0.6) is 5.75 Å². The summed E-state index contributed by atoms with van der Waals surface area (Å²) >= 11 is 0. The minimum Gasteiger partial charge on any atom is -0.401 e. The highest BCUT2D eigenvalue weighted by Crippen LogP contribution is 2.49. The molecule has 0 atom stereocenters. The van der Waals surface area contributed by atoms with Crippen LogP contribution in [-0.4, -0.2) is 29.8 Å². The van der Waals surface area contributed by atoms with Crippen molar-refractivity contribution < 1.29 is 42.1 Å². The maximum absolute atomic E-state index is 14.9. The van der Waals surface area contributed by atoms with E-state index in [9.17, 15) is 37.9 Å². The summed E-state index contributed by atoms with van der Waals surface area (Å²) in [5, 5.41) is 0. The van der Waals surface area contributed by atoms with Gasteiger partial charge in [0, 0.05) is 0 Å². The highest BCUT2D eigenvalue weighted by molar-refractivity contribution is 8.17. The van der Waals surface area contributed by atoms with Gasteiger partial charge in [0.1, 0.15) is 5.75 Å². The van der Waals surface area contributed by atoms with E-state index in [4.69, 9.17) is 4.18 Å². The zero-order valence-electron chi connectivity index (χ0n) is 21.7. The second-order valence-corrected chi connectivity index (χ2v) is 15.7. The molecule has 0 aliphatic heterocycles. The smallest absolute Gasteiger partial charge is 0.401 e. The first kappa shape index (κ1) is 30.6. The fraction of sp³-hybridized carbons (Fsp3) is 0.760. The van der Waals surface area contributed by atoms with Gasteiger partial charge in [0.25, 0.3) is 0 Å². The summed E-state index contributed by atoms with van der Waals surface area (Å²) in [4.78, 5) is 0. The molecule has 14 heteroatoms. The molecule has 0 bridgehead atoms. The van der Waals surface area contributed by atoms with Crippen molar-refractivity contribution in [2.45, 2.75) is 119 Å². The maximum Gasteiger partial charge on any atom is 0.465 e. The lowest BCUT2D eigenvalue weighted by atomic mass is 9.75. The second kappa shape index (κ2) is 11.8. The molecule has 0 aromatic heterocycles. The second-order valence-electron chi connectivity index (χ2n) is 11.0. The molecular formula is C25H35F3NO7S3-. The molecule has 0 amide bonds. The Bertz CT molecular complexity index is 1310. The predicted octanol–water partition coefficient (Wildman–Crippen LogP) is 7.01. The van der Waals surface area contributed by atoms with E-state index >= 15 is 0 Å². The van der Waals surface area contributed by atoms with E-state index in [-0.39, 0.29) is 23.5 Å². The van der Waals surface area contributed by atoms with E-state index in [1.807, 2.05) is 12.1 Å². The molecule has 3 aliphatic carbocycles. The third-order valence-electron chi connectivity index (χ3n) is 8.31. The van der Waals surface area contributed by atoms with Crippen LogP contribution < -0.4 is 4.18 Å². The first-order valence-corrected chi connectivity index (χ1v) is 17.8. The molecule has 39 heavy (non-hydrogen) atoms. The van der Waals surface area contributed by atoms with Gasteiger partial charge in [-0.2, -0.15) is 17.2 Å². The topological polar surface area (TPSA) is 126 Å². The van der Waals surface area contributed by atoms with E-state index in [0.29, 0.717) is 36.8 Å². The summed E-state index contributed by atoms with van der Waals surface area (Å²) in [6, 6.07) is 3.68. The highest BCUT2D eigenvalue weighted by atomic mass is 32.3. The Balaban J connectivity index is 1.85. The third-order valence-corrected chi connectivity index (χ3v) is 12.6. The van der Waals surface area contributed by atoms with Crippen molar-refractivity contribution in [2.75, 3.05) is 0 Å². The van der Waals surface area contributed by atoms with Crippen molar-refractivity contribution >= 4 is 30.6 Å². The van der Waals surface area contributed by atoms with E-state index in [0.717, 1.165) is 76.2 Å². The quantitative estimate of drug-likeness (QED) is 0.216. The number of alkyl halides is 2. The van der Waals surface area contributed by atoms with Crippen molar-refractivity contribution in [1.29, 1.82) is 0 Å². The monoisotopic (exact) mass is 614 g/mol. The van der Waals surface area contributed by atoms with E-state index in [1.165, 1.54) is 4.13 Å². The summed E-state index contributed by atoms with van der Waals surface area (Å²) in [5.41, 5.74) is 1.94. The minimum atomic E-state index is -6.68. The van der Waals surface area contributed by atoms with Crippen LogP contribution in [0.1, 0.15) is 131 Å². The number of nitrogens with zero attached hydrogens (tertiary/aromatic N) is 1. The summed E-state index contributed by atoms with van der Waals surface area (Å²) in [6.07, 6.45) is 13.4. The standard InChI is InChI=1S/C25H35F3NO7S3/c26-25(27,37(30,31)29-39(28,34)35)38(32,33)36-24-22(19-12-6-2-7-13-19)16-21(18-10-4-1-5-11-18)17-23(24)20-14-8-3-9-15-20/h16-20H,1-15H2/q-1. The maximum atomic E-state index is 14.9. The molecule has 0 spiro atoms. The molecule has 1 aromatic carbocycles. The van der Waals surface area contributed by atoms with Gasteiger partial charge in [0.15, 0.2) is 10.0 Å². The summed E-state index contributed by atoms with van der Waals surface area (Å²) in [5.74, 6) is -0.400. The Hall–Kier alpha value is -1.38. The Morgan fingerprint density at radius 2 is 1.05 bits per heavy atom. The largest absolute Gasteiger partial charge is 0.465 e. The van der Waals surface area contributed by atoms with Gasteiger partial charge in [0.2, 0.25) is 10.4 Å². The molecule has 3 fully saturated rings. The number of rotatable bonds is 9. The lowest BCUT2D eigenvalue weighted by Gasteiger charge is -2.32. The number of halogens is 3. The highest BCUT2D eigenvalue weighted by Gasteiger charge is 2.57. The van der Waals surface area contributed by atoms with Crippen LogP contribution in [0.3, 0.4) is 0 Å². The molecule has 0 saturated heterocycles. The molecule has 0 radical (unpaired) electrons. The fourth-order valence-corrected chi connectivity index (χ4v) is 9.55. The Morgan fingerprint density at radius 1 is 0.667 bits per heavy atom. The van der Waals surface area contributed by atoms with E-state index in [1.54, 1.807) is 0 Å². The normalized spacial score (nSPS) is 21.6. The van der Waals surface area contributed by atoms with Crippen LogP contribution >= 0.6 is 0 Å². The van der Waals surface area contributed by atoms with Gasteiger partial charge < -0.3 is 8.31 Å². The first-order chi connectivity index (χ1) is 18.2. The van der Waals surface area contributed by atoms with Crippen LogP contribution in [-0.2, 0) is 30.6 Å². The molecule has 3 aliphatic rings. The zero-order chi connectivity index (χ0) is 28.5. The van der Waals surface area contributed by atoms with Crippen molar-refractivity contribution in [3.63, 3.8) is 0 Å². The molecular weight excluding hydrogens is 579 g/mol. The molecule has 1 aromatic rings. The van der Waals surface area contributed by atoms with Crippen molar-refractivity contribution in [3.05, 3.63) is 33.0 Å². The van der Waals surface area contributed by atoms with Crippen LogP contribution in [0.25, 0.3) is 4.13 Å². The van der Waals surface area contributed by atoms with Gasteiger partial charge in [-0.05, 0) is 73.0 Å². The van der Waals surface area contributed by atoms with Crippen molar-refractivity contribution in [3.8, 4) is 5.75 Å².